The minimum absolute atomic E-state index is 0.153. The van der Waals surface area contributed by atoms with Crippen LogP contribution in [0.15, 0.2) is 59.5 Å². The van der Waals surface area contributed by atoms with E-state index >= 15 is 0 Å². The van der Waals surface area contributed by atoms with Crippen molar-refractivity contribution in [2.75, 3.05) is 12.1 Å². The molecule has 9 heteroatoms. The van der Waals surface area contributed by atoms with Crippen LogP contribution in [0, 0.1) is 6.92 Å². The van der Waals surface area contributed by atoms with Crippen molar-refractivity contribution in [3.63, 3.8) is 0 Å². The molecule has 0 unspecified atom stereocenters. The maximum Gasteiger partial charge on any atom is 0.293 e. The molecule has 0 aliphatic carbocycles. The van der Waals surface area contributed by atoms with E-state index < -0.39 is 5.56 Å². The predicted octanol–water partition coefficient (Wildman–Crippen LogP) is 2.26. The van der Waals surface area contributed by atoms with Crippen LogP contribution in [0.2, 0.25) is 0 Å². The van der Waals surface area contributed by atoms with Crippen molar-refractivity contribution in [2.45, 2.75) is 13.5 Å². The summed E-state index contributed by atoms with van der Waals surface area (Å²) in [5.41, 5.74) is 1.90. The molecule has 0 radical (unpaired) electrons. The summed E-state index contributed by atoms with van der Waals surface area (Å²) in [6.45, 7) is 1.70. The normalized spacial score (nSPS) is 12.3. The summed E-state index contributed by atoms with van der Waals surface area (Å²) in [6.07, 6.45) is 1.61. The van der Waals surface area contributed by atoms with Gasteiger partial charge in [0.1, 0.15) is 12.1 Å². The van der Waals surface area contributed by atoms with Crippen LogP contribution in [-0.2, 0) is 11.3 Å². The second-order valence-electron chi connectivity index (χ2n) is 6.82. The Balaban J connectivity index is 1.46. The maximum atomic E-state index is 13.1. The monoisotopic (exact) mass is 403 g/mol. The number of nitrogens with zero attached hydrogens (tertiary/aromatic N) is 4. The Morgan fingerprint density at radius 1 is 1.13 bits per heavy atom. The number of ether oxygens (including phenoxy) is 2. The minimum atomic E-state index is -0.391. The highest BCUT2D eigenvalue weighted by Gasteiger charge is 2.18. The Labute approximate surface area is 170 Å². The first-order chi connectivity index (χ1) is 14.6. The van der Waals surface area contributed by atoms with Gasteiger partial charge in [0.2, 0.25) is 12.7 Å². The Kier molecular flexibility index (Phi) is 4.20. The van der Waals surface area contributed by atoms with Crippen molar-refractivity contribution in [1.29, 1.82) is 0 Å². The van der Waals surface area contributed by atoms with Crippen LogP contribution in [-0.4, -0.2) is 32.3 Å². The highest BCUT2D eigenvalue weighted by Crippen LogP contribution is 2.34. The molecule has 1 aliphatic rings. The number of nitrogens with one attached hydrogen (secondary N) is 1. The number of anilines is 1. The number of carbonyl (C=O) groups excluding carboxylic acids is 1. The third kappa shape index (κ3) is 3.06. The summed E-state index contributed by atoms with van der Waals surface area (Å²) < 4.78 is 13.3. The van der Waals surface area contributed by atoms with E-state index in [4.69, 9.17) is 9.47 Å². The number of carbonyl (C=O) groups is 1. The fourth-order valence-corrected chi connectivity index (χ4v) is 3.40. The number of aryl methyl sites for hydroxylation is 1. The van der Waals surface area contributed by atoms with Crippen LogP contribution in [0.1, 0.15) is 5.69 Å². The third-order valence-electron chi connectivity index (χ3n) is 4.82. The number of hydrogen-bond acceptors (Lipinski definition) is 6. The van der Waals surface area contributed by atoms with Crippen LogP contribution in [0.5, 0.6) is 11.5 Å². The molecule has 0 bridgehead atoms. The van der Waals surface area contributed by atoms with Gasteiger partial charge in [0.15, 0.2) is 11.5 Å². The van der Waals surface area contributed by atoms with Gasteiger partial charge >= 0.3 is 0 Å². The molecular weight excluding hydrogens is 386 g/mol. The van der Waals surface area contributed by atoms with Crippen molar-refractivity contribution in [2.24, 2.45) is 0 Å². The largest absolute Gasteiger partial charge is 0.454 e. The molecule has 0 fully saturated rings. The SMILES string of the molecule is Cc1nn(CC(=O)Nc2ccc3c(c2)OCO3)c(=O)c2c1cnn2-c1ccccc1. The Hall–Kier alpha value is -4.14. The van der Waals surface area contributed by atoms with Gasteiger partial charge in [0.05, 0.1) is 17.6 Å². The number of benzene rings is 2. The number of rotatable bonds is 4. The first kappa shape index (κ1) is 17.9. The topological polar surface area (TPSA) is 100 Å². The third-order valence-corrected chi connectivity index (χ3v) is 4.82. The quantitative estimate of drug-likeness (QED) is 0.561. The molecule has 1 amide bonds. The molecule has 2 aromatic heterocycles. The van der Waals surface area contributed by atoms with Gasteiger partial charge in [-0.2, -0.15) is 10.2 Å². The molecule has 5 rings (SSSR count). The van der Waals surface area contributed by atoms with Crippen LogP contribution < -0.4 is 20.3 Å². The summed E-state index contributed by atoms with van der Waals surface area (Å²) in [6, 6.07) is 14.5. The van der Waals surface area contributed by atoms with Crippen molar-refractivity contribution in [3.8, 4) is 17.2 Å². The highest BCUT2D eigenvalue weighted by molar-refractivity contribution is 5.91. The number of aromatic nitrogens is 4. The molecule has 0 saturated heterocycles. The Bertz CT molecular complexity index is 1330. The molecule has 4 aromatic rings. The predicted molar refractivity (Wildman–Crippen MR) is 109 cm³/mol. The molecular formula is C21H17N5O4. The van der Waals surface area contributed by atoms with Crippen molar-refractivity contribution < 1.29 is 14.3 Å². The van der Waals surface area contributed by atoms with Gasteiger partial charge in [-0.3, -0.25) is 9.59 Å². The van der Waals surface area contributed by atoms with Crippen molar-refractivity contribution in [3.05, 3.63) is 70.8 Å². The van der Waals surface area contributed by atoms with Gasteiger partial charge in [0, 0.05) is 17.1 Å². The molecule has 1 aliphatic heterocycles. The zero-order valence-electron chi connectivity index (χ0n) is 16.0. The Morgan fingerprint density at radius 3 is 2.77 bits per heavy atom. The fourth-order valence-electron chi connectivity index (χ4n) is 3.40. The van der Waals surface area contributed by atoms with E-state index in [1.165, 1.54) is 0 Å². The molecule has 0 spiro atoms. The zero-order chi connectivity index (χ0) is 20.7. The molecule has 0 saturated carbocycles. The van der Waals surface area contributed by atoms with Crippen LogP contribution in [0.25, 0.3) is 16.6 Å². The van der Waals surface area contributed by atoms with Crippen molar-refractivity contribution in [1.82, 2.24) is 19.6 Å². The molecule has 3 heterocycles. The molecule has 0 atom stereocenters. The Morgan fingerprint density at radius 2 is 1.93 bits per heavy atom. The number of amides is 1. The highest BCUT2D eigenvalue weighted by atomic mass is 16.7. The van der Waals surface area contributed by atoms with Crippen molar-refractivity contribution >= 4 is 22.5 Å². The van der Waals surface area contributed by atoms with E-state index in [9.17, 15) is 9.59 Å². The second-order valence-corrected chi connectivity index (χ2v) is 6.82. The van der Waals surface area contributed by atoms with Crippen LogP contribution >= 0.6 is 0 Å². The van der Waals surface area contributed by atoms with E-state index in [1.807, 2.05) is 30.3 Å². The number of hydrogen-bond donors (Lipinski definition) is 1. The average molecular weight is 403 g/mol. The zero-order valence-corrected chi connectivity index (χ0v) is 16.0. The summed E-state index contributed by atoms with van der Waals surface area (Å²) in [4.78, 5) is 25.7. The summed E-state index contributed by atoms with van der Waals surface area (Å²) in [7, 11) is 0. The first-order valence-electron chi connectivity index (χ1n) is 9.30. The van der Waals surface area contributed by atoms with Gasteiger partial charge in [-0.25, -0.2) is 9.36 Å². The van der Waals surface area contributed by atoms with E-state index in [-0.39, 0.29) is 19.2 Å². The summed E-state index contributed by atoms with van der Waals surface area (Å²) in [5, 5.41) is 12.0. The second kappa shape index (κ2) is 7.03. The molecule has 9 nitrogen and oxygen atoms in total. The minimum Gasteiger partial charge on any atom is -0.454 e. The van der Waals surface area contributed by atoms with Crippen LogP contribution in [0.4, 0.5) is 5.69 Å². The number of para-hydroxylation sites is 1. The van der Waals surface area contributed by atoms with Crippen LogP contribution in [0.3, 0.4) is 0 Å². The van der Waals surface area contributed by atoms with Gasteiger partial charge in [-0.15, -0.1) is 0 Å². The van der Waals surface area contributed by atoms with Gasteiger partial charge in [0.25, 0.3) is 5.56 Å². The average Bonchev–Trinajstić information content (AvgIpc) is 3.39. The van der Waals surface area contributed by atoms with E-state index in [2.05, 4.69) is 15.5 Å². The van der Waals surface area contributed by atoms with Gasteiger partial charge in [-0.05, 0) is 31.2 Å². The lowest BCUT2D eigenvalue weighted by Gasteiger charge is -2.09. The molecule has 2 aromatic carbocycles. The summed E-state index contributed by atoms with van der Waals surface area (Å²) in [5.74, 6) is 0.807. The van der Waals surface area contributed by atoms with E-state index in [0.717, 1.165) is 10.4 Å². The van der Waals surface area contributed by atoms with E-state index in [0.29, 0.717) is 33.8 Å². The van der Waals surface area contributed by atoms with E-state index in [1.54, 1.807) is 36.0 Å². The maximum absolute atomic E-state index is 13.1. The summed E-state index contributed by atoms with van der Waals surface area (Å²) >= 11 is 0. The lowest BCUT2D eigenvalue weighted by atomic mass is 10.2. The molecule has 1 N–H and O–H groups in total. The number of fused-ring (bicyclic) bond motifs is 2. The standard InChI is InChI=1S/C21H17N5O4/c1-13-16-10-22-26(15-5-3-2-4-6-15)20(16)21(28)25(24-13)11-19(27)23-14-7-8-17-18(9-14)30-12-29-17/h2-10H,11-12H2,1H3,(H,23,27). The first-order valence-corrected chi connectivity index (χ1v) is 9.30. The van der Waals surface area contributed by atoms with Gasteiger partial charge < -0.3 is 14.8 Å². The fraction of sp³-hybridized carbons (Fsp3) is 0.143. The van der Waals surface area contributed by atoms with Gasteiger partial charge in [-0.1, -0.05) is 18.2 Å². The lowest BCUT2D eigenvalue weighted by molar-refractivity contribution is -0.117. The lowest BCUT2D eigenvalue weighted by Crippen LogP contribution is -2.31. The molecule has 150 valence electrons. The molecule has 30 heavy (non-hydrogen) atoms. The smallest absolute Gasteiger partial charge is 0.293 e.